The fraction of sp³-hybridized carbons (Fsp3) is 0.185. The third kappa shape index (κ3) is 3.68. The molecule has 0 radical (unpaired) electrons. The summed E-state index contributed by atoms with van der Waals surface area (Å²) in [6, 6.07) is 19.3. The van der Waals surface area contributed by atoms with Crippen LogP contribution in [0.1, 0.15) is 34.5 Å². The molecule has 5 aromatic rings. The van der Waals surface area contributed by atoms with Crippen molar-refractivity contribution in [1.29, 1.82) is 0 Å². The van der Waals surface area contributed by atoms with Gasteiger partial charge in [-0.15, -0.1) is 11.3 Å². The lowest BCUT2D eigenvalue weighted by molar-refractivity contribution is -0.118. The molecule has 7 heteroatoms. The van der Waals surface area contributed by atoms with Crippen molar-refractivity contribution in [1.82, 2.24) is 14.9 Å². The van der Waals surface area contributed by atoms with Crippen molar-refractivity contribution >= 4 is 39.0 Å². The van der Waals surface area contributed by atoms with Crippen LogP contribution < -0.4 is 10.9 Å². The van der Waals surface area contributed by atoms with E-state index in [-0.39, 0.29) is 17.2 Å². The van der Waals surface area contributed by atoms with Gasteiger partial charge in [0.05, 0.1) is 17.0 Å². The van der Waals surface area contributed by atoms with E-state index >= 15 is 0 Å². The Morgan fingerprint density at radius 1 is 1.09 bits per heavy atom. The number of aromatic nitrogens is 2. The van der Waals surface area contributed by atoms with E-state index in [4.69, 9.17) is 0 Å². The average molecular weight is 472 g/mol. The number of hydrogen-bond donors (Lipinski definition) is 3. The Balaban J connectivity index is 1.80. The molecule has 3 aromatic heterocycles. The van der Waals surface area contributed by atoms with Crippen LogP contribution in [0.2, 0.25) is 0 Å². The number of carbonyl (C=O) groups excluding carboxylic acids is 1. The summed E-state index contributed by atoms with van der Waals surface area (Å²) in [5, 5.41) is 18.0. The molecule has 0 saturated heterocycles. The summed E-state index contributed by atoms with van der Waals surface area (Å²) in [5.74, 6) is -0.566. The molecule has 3 heterocycles. The van der Waals surface area contributed by atoms with E-state index in [1.165, 1.54) is 6.92 Å². The highest BCUT2D eigenvalue weighted by Gasteiger charge is 2.30. The normalized spacial score (nSPS) is 12.3. The van der Waals surface area contributed by atoms with Gasteiger partial charge in [0.25, 0.3) is 5.56 Å². The van der Waals surface area contributed by atoms with Crippen LogP contribution in [0.15, 0.2) is 70.8 Å². The maximum Gasteiger partial charge on any atom is 0.258 e. The summed E-state index contributed by atoms with van der Waals surface area (Å²) >= 11 is 1.55. The largest absolute Gasteiger partial charge is 0.507 e. The predicted octanol–water partition coefficient (Wildman–Crippen LogP) is 4.65. The standard InChI is InChI=1S/C27H25N3O3S/c1-16(31)28-14-13-18-17-8-3-5-10-20(17)29-25(18)23(22-12-7-15-34-22)24-26(32)19-9-4-6-11-21(19)30(2)27(24)33/h3-12,15,23,29,32H,13-14H2,1-2H3,(H,28,31). The first-order valence-electron chi connectivity index (χ1n) is 11.1. The van der Waals surface area contributed by atoms with Gasteiger partial charge in [0.15, 0.2) is 0 Å². The maximum atomic E-state index is 13.7. The third-order valence-electron chi connectivity index (χ3n) is 6.31. The van der Waals surface area contributed by atoms with Gasteiger partial charge in [-0.2, -0.15) is 0 Å². The summed E-state index contributed by atoms with van der Waals surface area (Å²) in [4.78, 5) is 29.7. The second kappa shape index (κ2) is 8.83. The Morgan fingerprint density at radius 2 is 1.82 bits per heavy atom. The molecule has 0 bridgehead atoms. The molecule has 0 fully saturated rings. The van der Waals surface area contributed by atoms with Crippen LogP contribution in [-0.2, 0) is 18.3 Å². The summed E-state index contributed by atoms with van der Waals surface area (Å²) in [7, 11) is 1.74. The van der Waals surface area contributed by atoms with Crippen molar-refractivity contribution in [3.63, 3.8) is 0 Å². The Hall–Kier alpha value is -3.84. The molecule has 0 saturated carbocycles. The average Bonchev–Trinajstić information content (AvgIpc) is 3.49. The van der Waals surface area contributed by atoms with Gasteiger partial charge >= 0.3 is 0 Å². The first-order chi connectivity index (χ1) is 16.5. The summed E-state index contributed by atoms with van der Waals surface area (Å²) < 4.78 is 1.60. The Labute approximate surface area is 200 Å². The molecule has 34 heavy (non-hydrogen) atoms. The van der Waals surface area contributed by atoms with Crippen molar-refractivity contribution in [2.45, 2.75) is 19.3 Å². The van der Waals surface area contributed by atoms with Gasteiger partial charge in [0, 0.05) is 47.4 Å². The minimum Gasteiger partial charge on any atom is -0.507 e. The van der Waals surface area contributed by atoms with E-state index < -0.39 is 5.92 Å². The van der Waals surface area contributed by atoms with Crippen LogP contribution in [-0.4, -0.2) is 27.1 Å². The number of thiophene rings is 1. The minimum absolute atomic E-state index is 0.00330. The number of hydrogen-bond acceptors (Lipinski definition) is 4. The predicted molar refractivity (Wildman–Crippen MR) is 137 cm³/mol. The molecule has 2 aromatic carbocycles. The minimum atomic E-state index is -0.483. The van der Waals surface area contributed by atoms with Crippen LogP contribution in [0, 0.1) is 0 Å². The highest BCUT2D eigenvalue weighted by atomic mass is 32.1. The van der Waals surface area contributed by atoms with E-state index in [9.17, 15) is 14.7 Å². The van der Waals surface area contributed by atoms with Crippen LogP contribution in [0.4, 0.5) is 0 Å². The zero-order chi connectivity index (χ0) is 23.8. The van der Waals surface area contributed by atoms with E-state index in [2.05, 4.69) is 10.3 Å². The number of pyridine rings is 1. The van der Waals surface area contributed by atoms with Gasteiger partial charge in [0.1, 0.15) is 5.75 Å². The first kappa shape index (κ1) is 22.0. The SMILES string of the molecule is CC(=O)NCCc1c(C(c2cccs2)c2c(O)c3ccccc3n(C)c2=O)[nH]c2ccccc12. The molecule has 3 N–H and O–H groups in total. The van der Waals surface area contributed by atoms with Gasteiger partial charge in [-0.25, -0.2) is 0 Å². The highest BCUT2D eigenvalue weighted by molar-refractivity contribution is 7.10. The number of aryl methyl sites for hydroxylation is 1. The molecule has 1 atom stereocenters. The number of aromatic hydroxyl groups is 1. The summed E-state index contributed by atoms with van der Waals surface area (Å²) in [6.45, 7) is 1.98. The van der Waals surface area contributed by atoms with Gasteiger partial charge in [-0.1, -0.05) is 36.4 Å². The fourth-order valence-electron chi connectivity index (χ4n) is 4.75. The number of fused-ring (bicyclic) bond motifs is 2. The number of H-pyrrole nitrogens is 1. The number of rotatable bonds is 6. The molecule has 1 unspecified atom stereocenters. The molecule has 5 rings (SSSR count). The first-order valence-corrected chi connectivity index (χ1v) is 12.0. The summed E-state index contributed by atoms with van der Waals surface area (Å²) in [5.41, 5.74) is 3.63. The van der Waals surface area contributed by atoms with Crippen molar-refractivity contribution in [3.05, 3.63) is 98.1 Å². The zero-order valence-electron chi connectivity index (χ0n) is 19.0. The fourth-order valence-corrected chi connectivity index (χ4v) is 5.59. The quantitative estimate of drug-likeness (QED) is 0.337. The Morgan fingerprint density at radius 3 is 2.56 bits per heavy atom. The molecule has 1 amide bonds. The molecular formula is C27H25N3O3S. The summed E-state index contributed by atoms with van der Waals surface area (Å²) in [6.07, 6.45) is 0.593. The monoisotopic (exact) mass is 471 g/mol. The third-order valence-corrected chi connectivity index (χ3v) is 7.25. The van der Waals surface area contributed by atoms with Gasteiger partial charge in [-0.05, 0) is 41.6 Å². The van der Waals surface area contributed by atoms with Crippen LogP contribution >= 0.6 is 11.3 Å². The number of aromatic amines is 1. The van der Waals surface area contributed by atoms with Gasteiger partial charge < -0.3 is 20.0 Å². The number of para-hydroxylation sites is 2. The van der Waals surface area contributed by atoms with E-state index in [0.29, 0.717) is 29.4 Å². The highest BCUT2D eigenvalue weighted by Crippen LogP contribution is 2.42. The van der Waals surface area contributed by atoms with Gasteiger partial charge in [0.2, 0.25) is 5.91 Å². The topological polar surface area (TPSA) is 87.1 Å². The maximum absolute atomic E-state index is 13.7. The van der Waals surface area contributed by atoms with Crippen LogP contribution in [0.5, 0.6) is 5.75 Å². The Kier molecular flexibility index (Phi) is 5.71. The van der Waals surface area contributed by atoms with Crippen molar-refractivity contribution in [2.24, 2.45) is 7.05 Å². The second-order valence-electron chi connectivity index (χ2n) is 8.39. The number of nitrogens with zero attached hydrogens (tertiary/aromatic N) is 1. The number of amides is 1. The van der Waals surface area contributed by atoms with Crippen LogP contribution in [0.25, 0.3) is 21.8 Å². The van der Waals surface area contributed by atoms with Crippen molar-refractivity contribution in [2.75, 3.05) is 6.54 Å². The van der Waals surface area contributed by atoms with E-state index in [0.717, 1.165) is 27.0 Å². The number of benzene rings is 2. The Bertz CT molecular complexity index is 1560. The lowest BCUT2D eigenvalue weighted by Gasteiger charge is -2.20. The lowest BCUT2D eigenvalue weighted by atomic mass is 9.89. The van der Waals surface area contributed by atoms with Crippen molar-refractivity contribution < 1.29 is 9.90 Å². The molecule has 172 valence electrons. The lowest BCUT2D eigenvalue weighted by Crippen LogP contribution is -2.26. The molecule has 6 nitrogen and oxygen atoms in total. The molecular weight excluding hydrogens is 446 g/mol. The number of carbonyl (C=O) groups is 1. The van der Waals surface area contributed by atoms with Crippen LogP contribution in [0.3, 0.4) is 0 Å². The van der Waals surface area contributed by atoms with Gasteiger partial charge in [-0.3, -0.25) is 9.59 Å². The molecule has 0 aliphatic heterocycles. The number of nitrogens with one attached hydrogen (secondary N) is 2. The second-order valence-corrected chi connectivity index (χ2v) is 9.37. The van der Waals surface area contributed by atoms with E-state index in [1.807, 2.05) is 66.0 Å². The van der Waals surface area contributed by atoms with E-state index in [1.54, 1.807) is 23.0 Å². The zero-order valence-corrected chi connectivity index (χ0v) is 19.8. The molecule has 0 spiro atoms. The smallest absolute Gasteiger partial charge is 0.258 e. The molecule has 0 aliphatic carbocycles. The van der Waals surface area contributed by atoms with Crippen molar-refractivity contribution in [3.8, 4) is 5.75 Å². The molecule has 0 aliphatic rings.